The van der Waals surface area contributed by atoms with Crippen LogP contribution in [0.5, 0.6) is 17.2 Å². The number of likely N-dealkylation sites (tertiary alicyclic amines) is 1. The molecule has 0 amide bonds. The first kappa shape index (κ1) is 22.7. The SMILES string of the molecule is CCOc1ccccc1CNC(=NC)NC1CCN(Cc2cc(OC)cc(OC)c2)C1. The Hall–Kier alpha value is -2.93. The standard InChI is InChI=1S/C24H34N4O3/c1-5-31-23-9-7-6-8-19(23)15-26-24(25-2)27-20-10-11-28(17-20)16-18-12-21(29-3)14-22(13-18)30-4/h6-9,12-14,20H,5,10-11,15-17H2,1-4H3,(H2,25,26,27). The van der Waals surface area contributed by atoms with Gasteiger partial charge in [-0.15, -0.1) is 0 Å². The van der Waals surface area contributed by atoms with E-state index in [1.54, 1.807) is 21.3 Å². The number of nitrogens with zero attached hydrogens (tertiary/aromatic N) is 2. The van der Waals surface area contributed by atoms with Gasteiger partial charge in [-0.1, -0.05) is 18.2 Å². The van der Waals surface area contributed by atoms with Crippen molar-refractivity contribution in [1.82, 2.24) is 15.5 Å². The van der Waals surface area contributed by atoms with E-state index in [1.165, 1.54) is 5.56 Å². The maximum absolute atomic E-state index is 5.72. The Balaban J connectivity index is 1.52. The minimum Gasteiger partial charge on any atom is -0.497 e. The van der Waals surface area contributed by atoms with Gasteiger partial charge < -0.3 is 24.8 Å². The average molecular weight is 427 g/mol. The lowest BCUT2D eigenvalue weighted by Crippen LogP contribution is -2.44. The minimum atomic E-state index is 0.348. The molecule has 1 atom stereocenters. The molecule has 1 unspecified atom stereocenters. The van der Waals surface area contributed by atoms with Gasteiger partial charge in [-0.05, 0) is 37.1 Å². The van der Waals surface area contributed by atoms with Gasteiger partial charge in [0.25, 0.3) is 0 Å². The van der Waals surface area contributed by atoms with E-state index < -0.39 is 0 Å². The molecule has 2 N–H and O–H groups in total. The number of methoxy groups -OCH3 is 2. The molecular weight excluding hydrogens is 392 g/mol. The van der Waals surface area contributed by atoms with Gasteiger partial charge in [-0.3, -0.25) is 9.89 Å². The number of aliphatic imine (C=N–C) groups is 1. The first-order valence-electron chi connectivity index (χ1n) is 10.8. The summed E-state index contributed by atoms with van der Waals surface area (Å²) in [6.07, 6.45) is 1.07. The minimum absolute atomic E-state index is 0.348. The number of para-hydroxylation sites is 1. The van der Waals surface area contributed by atoms with Crippen LogP contribution >= 0.6 is 0 Å². The Morgan fingerprint density at radius 1 is 1.13 bits per heavy atom. The highest BCUT2D eigenvalue weighted by atomic mass is 16.5. The smallest absolute Gasteiger partial charge is 0.191 e. The largest absolute Gasteiger partial charge is 0.497 e. The summed E-state index contributed by atoms with van der Waals surface area (Å²) < 4.78 is 16.5. The van der Waals surface area contributed by atoms with E-state index in [0.717, 1.165) is 54.8 Å². The first-order chi connectivity index (χ1) is 15.1. The second-order valence-corrected chi connectivity index (χ2v) is 7.55. The van der Waals surface area contributed by atoms with Crippen molar-refractivity contribution in [2.45, 2.75) is 32.5 Å². The number of guanidine groups is 1. The van der Waals surface area contributed by atoms with Crippen molar-refractivity contribution in [2.24, 2.45) is 4.99 Å². The summed E-state index contributed by atoms with van der Waals surface area (Å²) in [5, 5.41) is 6.97. The van der Waals surface area contributed by atoms with Crippen LogP contribution in [-0.4, -0.2) is 57.9 Å². The second kappa shape index (κ2) is 11.5. The van der Waals surface area contributed by atoms with Gasteiger partial charge in [0.2, 0.25) is 0 Å². The average Bonchev–Trinajstić information content (AvgIpc) is 3.23. The van der Waals surface area contributed by atoms with E-state index in [1.807, 2.05) is 31.2 Å². The maximum Gasteiger partial charge on any atom is 0.191 e. The Morgan fingerprint density at radius 3 is 2.55 bits per heavy atom. The van der Waals surface area contributed by atoms with E-state index >= 15 is 0 Å². The molecule has 168 valence electrons. The summed E-state index contributed by atoms with van der Waals surface area (Å²) in [4.78, 5) is 6.83. The third kappa shape index (κ3) is 6.52. The van der Waals surface area contributed by atoms with Crippen molar-refractivity contribution < 1.29 is 14.2 Å². The number of hydrogen-bond acceptors (Lipinski definition) is 5. The second-order valence-electron chi connectivity index (χ2n) is 7.55. The fourth-order valence-corrected chi connectivity index (χ4v) is 3.82. The molecule has 0 bridgehead atoms. The van der Waals surface area contributed by atoms with Crippen LogP contribution in [0.15, 0.2) is 47.5 Å². The fraction of sp³-hybridized carbons (Fsp3) is 0.458. The molecule has 2 aromatic carbocycles. The normalized spacial score (nSPS) is 16.8. The van der Waals surface area contributed by atoms with Crippen LogP contribution in [0.1, 0.15) is 24.5 Å². The van der Waals surface area contributed by atoms with E-state index in [0.29, 0.717) is 19.2 Å². The molecule has 0 saturated carbocycles. The van der Waals surface area contributed by atoms with Gasteiger partial charge in [0.15, 0.2) is 5.96 Å². The fourth-order valence-electron chi connectivity index (χ4n) is 3.82. The van der Waals surface area contributed by atoms with Gasteiger partial charge in [-0.2, -0.15) is 0 Å². The topological polar surface area (TPSA) is 67.4 Å². The molecule has 1 saturated heterocycles. The molecular formula is C24H34N4O3. The Morgan fingerprint density at radius 2 is 1.87 bits per heavy atom. The van der Waals surface area contributed by atoms with Crippen LogP contribution in [0, 0.1) is 0 Å². The van der Waals surface area contributed by atoms with E-state index in [2.05, 4.69) is 38.7 Å². The van der Waals surface area contributed by atoms with Gasteiger partial charge in [0.05, 0.1) is 20.8 Å². The highest BCUT2D eigenvalue weighted by Gasteiger charge is 2.23. The molecule has 2 aromatic rings. The van der Waals surface area contributed by atoms with E-state index in [9.17, 15) is 0 Å². The predicted molar refractivity (Wildman–Crippen MR) is 124 cm³/mol. The van der Waals surface area contributed by atoms with Gasteiger partial charge in [0.1, 0.15) is 17.2 Å². The molecule has 0 radical (unpaired) electrons. The lowest BCUT2D eigenvalue weighted by Gasteiger charge is -2.20. The molecule has 7 nitrogen and oxygen atoms in total. The zero-order valence-corrected chi connectivity index (χ0v) is 19.0. The maximum atomic E-state index is 5.72. The third-order valence-electron chi connectivity index (χ3n) is 5.37. The summed E-state index contributed by atoms with van der Waals surface area (Å²) in [7, 11) is 5.17. The molecule has 1 aliphatic rings. The number of rotatable bonds is 9. The van der Waals surface area contributed by atoms with Crippen molar-refractivity contribution in [1.29, 1.82) is 0 Å². The first-order valence-corrected chi connectivity index (χ1v) is 10.8. The summed E-state index contributed by atoms with van der Waals surface area (Å²) in [5.74, 6) is 3.36. The van der Waals surface area contributed by atoms with Gasteiger partial charge in [-0.25, -0.2) is 0 Å². The Bertz CT molecular complexity index is 849. The summed E-state index contributed by atoms with van der Waals surface area (Å²) >= 11 is 0. The Kier molecular flexibility index (Phi) is 8.41. The molecule has 0 aromatic heterocycles. The summed E-state index contributed by atoms with van der Waals surface area (Å²) in [5.41, 5.74) is 2.30. The third-order valence-corrected chi connectivity index (χ3v) is 5.37. The number of benzene rings is 2. The van der Waals surface area contributed by atoms with Crippen LogP contribution in [-0.2, 0) is 13.1 Å². The summed E-state index contributed by atoms with van der Waals surface area (Å²) in [6.45, 7) is 6.16. The molecule has 1 aliphatic heterocycles. The van der Waals surface area contributed by atoms with Crippen LogP contribution in [0.4, 0.5) is 0 Å². The van der Waals surface area contributed by atoms with Crippen LogP contribution in [0.3, 0.4) is 0 Å². The number of ether oxygens (including phenoxy) is 3. The van der Waals surface area contributed by atoms with Crippen molar-refractivity contribution in [3.63, 3.8) is 0 Å². The van der Waals surface area contributed by atoms with E-state index in [-0.39, 0.29) is 0 Å². The van der Waals surface area contributed by atoms with E-state index in [4.69, 9.17) is 14.2 Å². The lowest BCUT2D eigenvalue weighted by molar-refractivity contribution is 0.321. The summed E-state index contributed by atoms with van der Waals surface area (Å²) in [6, 6.07) is 14.5. The molecule has 7 heteroatoms. The molecule has 0 spiro atoms. The Labute approximate surface area is 185 Å². The number of nitrogens with one attached hydrogen (secondary N) is 2. The monoisotopic (exact) mass is 426 g/mol. The van der Waals surface area contributed by atoms with Gasteiger partial charge >= 0.3 is 0 Å². The highest BCUT2D eigenvalue weighted by molar-refractivity contribution is 5.80. The van der Waals surface area contributed by atoms with Crippen LogP contribution in [0.2, 0.25) is 0 Å². The predicted octanol–water partition coefficient (Wildman–Crippen LogP) is 3.04. The van der Waals surface area contributed by atoms with Crippen molar-refractivity contribution in [3.05, 3.63) is 53.6 Å². The van der Waals surface area contributed by atoms with Crippen molar-refractivity contribution >= 4 is 5.96 Å². The molecule has 0 aliphatic carbocycles. The van der Waals surface area contributed by atoms with Gasteiger partial charge in [0, 0.05) is 50.9 Å². The quantitative estimate of drug-likeness (QED) is 0.475. The molecule has 3 rings (SSSR count). The lowest BCUT2D eigenvalue weighted by atomic mass is 10.2. The van der Waals surface area contributed by atoms with Crippen molar-refractivity contribution in [2.75, 3.05) is 41.0 Å². The van der Waals surface area contributed by atoms with Crippen molar-refractivity contribution in [3.8, 4) is 17.2 Å². The highest BCUT2D eigenvalue weighted by Crippen LogP contribution is 2.24. The zero-order valence-electron chi connectivity index (χ0n) is 19.0. The zero-order chi connectivity index (χ0) is 22.1. The molecule has 1 heterocycles. The molecule has 31 heavy (non-hydrogen) atoms. The van der Waals surface area contributed by atoms with Crippen LogP contribution in [0.25, 0.3) is 0 Å². The molecule has 1 fully saturated rings. The van der Waals surface area contributed by atoms with Crippen LogP contribution < -0.4 is 24.8 Å². The number of hydrogen-bond donors (Lipinski definition) is 2.